The summed E-state index contributed by atoms with van der Waals surface area (Å²) in [7, 11) is 0. The summed E-state index contributed by atoms with van der Waals surface area (Å²) in [6.45, 7) is 9.39. The lowest BCUT2D eigenvalue weighted by Crippen LogP contribution is -2.47. The van der Waals surface area contributed by atoms with Gasteiger partial charge in [-0.15, -0.1) is 0 Å². The Morgan fingerprint density at radius 3 is 2.25 bits per heavy atom. The fraction of sp³-hybridized carbons (Fsp3) is 0.409. The van der Waals surface area contributed by atoms with Crippen molar-refractivity contribution in [2.75, 3.05) is 5.32 Å². The quantitative estimate of drug-likeness (QED) is 0.787. The lowest BCUT2D eigenvalue weighted by Gasteiger charge is -2.28. The molecular formula is C22H29N3O3. The second-order valence-electron chi connectivity index (χ2n) is 8.43. The molecule has 6 nitrogen and oxygen atoms in total. The van der Waals surface area contributed by atoms with E-state index in [4.69, 9.17) is 4.74 Å². The second kappa shape index (κ2) is 8.87. The minimum absolute atomic E-state index is 0.113. The van der Waals surface area contributed by atoms with Crippen molar-refractivity contribution in [3.63, 3.8) is 0 Å². The van der Waals surface area contributed by atoms with Gasteiger partial charge in [0.25, 0.3) is 0 Å². The van der Waals surface area contributed by atoms with Crippen molar-refractivity contribution in [2.45, 2.75) is 58.6 Å². The van der Waals surface area contributed by atoms with Gasteiger partial charge < -0.3 is 15.4 Å². The number of carbonyl (C=O) groups excluding carboxylic acids is 2. The van der Waals surface area contributed by atoms with Gasteiger partial charge in [-0.3, -0.25) is 9.78 Å². The van der Waals surface area contributed by atoms with Gasteiger partial charge in [0.05, 0.1) is 6.42 Å². The standard InChI is InChI=1S/C22H29N3O3/c1-21(2,3)28-20(27)25-22(4,5)15-16-9-11-17(12-10-16)24-19(26)14-18-8-6-7-13-23-18/h6-13H,14-15H2,1-5H3,(H,24,26)(H,25,27). The molecule has 0 unspecified atom stereocenters. The Labute approximate surface area is 166 Å². The molecule has 0 aliphatic rings. The smallest absolute Gasteiger partial charge is 0.408 e. The molecular weight excluding hydrogens is 354 g/mol. The molecule has 150 valence electrons. The third-order valence-electron chi connectivity index (χ3n) is 3.79. The van der Waals surface area contributed by atoms with E-state index in [9.17, 15) is 9.59 Å². The van der Waals surface area contributed by atoms with Crippen LogP contribution in [-0.4, -0.2) is 28.1 Å². The van der Waals surface area contributed by atoms with Crippen LogP contribution in [0.15, 0.2) is 48.7 Å². The van der Waals surface area contributed by atoms with Gasteiger partial charge >= 0.3 is 6.09 Å². The highest BCUT2D eigenvalue weighted by molar-refractivity contribution is 5.92. The highest BCUT2D eigenvalue weighted by Gasteiger charge is 2.24. The van der Waals surface area contributed by atoms with Gasteiger partial charge in [-0.1, -0.05) is 18.2 Å². The van der Waals surface area contributed by atoms with Crippen molar-refractivity contribution in [3.8, 4) is 0 Å². The molecule has 0 radical (unpaired) electrons. The van der Waals surface area contributed by atoms with Crippen LogP contribution in [0.2, 0.25) is 0 Å². The number of alkyl carbamates (subject to hydrolysis) is 1. The average Bonchev–Trinajstić information content (AvgIpc) is 2.54. The molecule has 1 aromatic carbocycles. The van der Waals surface area contributed by atoms with E-state index >= 15 is 0 Å². The van der Waals surface area contributed by atoms with Crippen molar-refractivity contribution < 1.29 is 14.3 Å². The first-order chi connectivity index (χ1) is 13.0. The molecule has 6 heteroatoms. The van der Waals surface area contributed by atoms with Crippen molar-refractivity contribution in [1.29, 1.82) is 0 Å². The molecule has 1 aromatic heterocycles. The third-order valence-corrected chi connectivity index (χ3v) is 3.79. The number of hydrogen-bond acceptors (Lipinski definition) is 4. The van der Waals surface area contributed by atoms with Crippen molar-refractivity contribution in [1.82, 2.24) is 10.3 Å². The summed E-state index contributed by atoms with van der Waals surface area (Å²) in [6, 6.07) is 13.1. The zero-order chi connectivity index (χ0) is 20.8. The highest BCUT2D eigenvalue weighted by atomic mass is 16.6. The lowest BCUT2D eigenvalue weighted by atomic mass is 9.95. The number of hydrogen-bond donors (Lipinski definition) is 2. The summed E-state index contributed by atoms with van der Waals surface area (Å²) in [4.78, 5) is 28.3. The maximum atomic E-state index is 12.1. The number of aromatic nitrogens is 1. The molecule has 1 heterocycles. The molecule has 0 spiro atoms. The van der Waals surface area contributed by atoms with Crippen LogP contribution < -0.4 is 10.6 Å². The first kappa shape index (κ1) is 21.4. The maximum Gasteiger partial charge on any atom is 0.408 e. The largest absolute Gasteiger partial charge is 0.444 e. The monoisotopic (exact) mass is 383 g/mol. The van der Waals surface area contributed by atoms with Crippen LogP contribution in [0.5, 0.6) is 0 Å². The minimum atomic E-state index is -0.532. The van der Waals surface area contributed by atoms with Gasteiger partial charge in [0.15, 0.2) is 0 Å². The van der Waals surface area contributed by atoms with Crippen molar-refractivity contribution in [2.24, 2.45) is 0 Å². The number of carbonyl (C=O) groups is 2. The Morgan fingerprint density at radius 2 is 1.68 bits per heavy atom. The van der Waals surface area contributed by atoms with Crippen LogP contribution in [0.4, 0.5) is 10.5 Å². The van der Waals surface area contributed by atoms with Gasteiger partial charge in [-0.25, -0.2) is 4.79 Å². The van der Waals surface area contributed by atoms with E-state index in [-0.39, 0.29) is 12.3 Å². The molecule has 0 atom stereocenters. The van der Waals surface area contributed by atoms with E-state index in [0.29, 0.717) is 6.42 Å². The highest BCUT2D eigenvalue weighted by Crippen LogP contribution is 2.17. The van der Waals surface area contributed by atoms with Crippen molar-refractivity contribution >= 4 is 17.7 Å². The zero-order valence-electron chi connectivity index (χ0n) is 17.2. The summed E-state index contributed by atoms with van der Waals surface area (Å²) in [5.41, 5.74) is 1.50. The second-order valence-corrected chi connectivity index (χ2v) is 8.43. The van der Waals surface area contributed by atoms with E-state index in [1.54, 1.807) is 6.20 Å². The van der Waals surface area contributed by atoms with Gasteiger partial charge in [0.1, 0.15) is 5.60 Å². The molecule has 2 N–H and O–H groups in total. The van der Waals surface area contributed by atoms with Gasteiger partial charge in [-0.05, 0) is 70.9 Å². The molecule has 2 amide bonds. The maximum absolute atomic E-state index is 12.1. The van der Waals surface area contributed by atoms with E-state index in [1.807, 2.05) is 77.1 Å². The number of rotatable bonds is 6. The minimum Gasteiger partial charge on any atom is -0.444 e. The van der Waals surface area contributed by atoms with Gasteiger partial charge in [-0.2, -0.15) is 0 Å². The molecule has 0 bridgehead atoms. The van der Waals surface area contributed by atoms with Crippen molar-refractivity contribution in [3.05, 3.63) is 59.9 Å². The summed E-state index contributed by atoms with van der Waals surface area (Å²) in [5, 5.41) is 5.77. The summed E-state index contributed by atoms with van der Waals surface area (Å²) < 4.78 is 5.32. The molecule has 28 heavy (non-hydrogen) atoms. The SMILES string of the molecule is CC(C)(Cc1ccc(NC(=O)Cc2ccccn2)cc1)NC(=O)OC(C)(C)C. The topological polar surface area (TPSA) is 80.3 Å². The normalized spacial score (nSPS) is 11.6. The molecule has 2 rings (SSSR count). The number of benzene rings is 1. The number of nitrogens with one attached hydrogen (secondary N) is 2. The first-order valence-corrected chi connectivity index (χ1v) is 9.32. The summed E-state index contributed by atoms with van der Waals surface area (Å²) in [6.07, 6.45) is 2.10. The number of anilines is 1. The predicted octanol–water partition coefficient (Wildman–Crippen LogP) is 4.11. The van der Waals surface area contributed by atoms with Crippen LogP contribution in [0.3, 0.4) is 0 Å². The predicted molar refractivity (Wildman–Crippen MR) is 110 cm³/mol. The molecule has 0 aliphatic heterocycles. The van der Waals surface area contributed by atoms with E-state index in [0.717, 1.165) is 16.9 Å². The van der Waals surface area contributed by atoms with E-state index in [1.165, 1.54) is 0 Å². The van der Waals surface area contributed by atoms with Crippen LogP contribution >= 0.6 is 0 Å². The summed E-state index contributed by atoms with van der Waals surface area (Å²) >= 11 is 0. The Hall–Kier alpha value is -2.89. The number of nitrogens with zero attached hydrogens (tertiary/aromatic N) is 1. The lowest BCUT2D eigenvalue weighted by molar-refractivity contribution is -0.115. The molecule has 0 fully saturated rings. The van der Waals surface area contributed by atoms with Gasteiger partial charge in [0, 0.05) is 23.1 Å². The average molecular weight is 383 g/mol. The van der Waals surface area contributed by atoms with Crippen LogP contribution in [0, 0.1) is 0 Å². The Morgan fingerprint density at radius 1 is 1.00 bits per heavy atom. The molecule has 0 saturated heterocycles. The number of ether oxygens (including phenoxy) is 1. The molecule has 0 saturated carbocycles. The van der Waals surface area contributed by atoms with Crippen LogP contribution in [0.25, 0.3) is 0 Å². The van der Waals surface area contributed by atoms with Crippen LogP contribution in [0.1, 0.15) is 45.9 Å². The van der Waals surface area contributed by atoms with Gasteiger partial charge in [0.2, 0.25) is 5.91 Å². The summed E-state index contributed by atoms with van der Waals surface area (Å²) in [5.74, 6) is -0.113. The first-order valence-electron chi connectivity index (χ1n) is 9.32. The van der Waals surface area contributed by atoms with E-state index in [2.05, 4.69) is 15.6 Å². The zero-order valence-corrected chi connectivity index (χ0v) is 17.2. The van der Waals surface area contributed by atoms with Crippen LogP contribution in [-0.2, 0) is 22.4 Å². The Balaban J connectivity index is 1.89. The van der Waals surface area contributed by atoms with E-state index < -0.39 is 17.2 Å². The Kier molecular flexibility index (Phi) is 6.78. The number of amides is 2. The molecule has 2 aromatic rings. The number of pyridine rings is 1. The molecule has 0 aliphatic carbocycles. The third kappa shape index (κ3) is 7.78. The Bertz CT molecular complexity index is 794. The fourth-order valence-corrected chi connectivity index (χ4v) is 2.71. The fourth-order valence-electron chi connectivity index (χ4n) is 2.71.